The van der Waals surface area contributed by atoms with Crippen LogP contribution in [-0.2, 0) is 0 Å². The number of carbonyl (C=O) groups excluding carboxylic acids is 1. The van der Waals surface area contributed by atoms with Crippen LogP contribution in [0, 0.1) is 11.6 Å². The van der Waals surface area contributed by atoms with Gasteiger partial charge in [-0.25, -0.2) is 28.3 Å². The molecule has 5 aromatic carbocycles. The number of hydrogen-bond acceptors (Lipinski definition) is 8. The zero-order chi connectivity index (χ0) is 58.5. The summed E-state index contributed by atoms with van der Waals surface area (Å²) in [5, 5.41) is 13.9. The van der Waals surface area contributed by atoms with Crippen LogP contribution in [0.1, 0.15) is 117 Å². The third-order valence-corrected chi connectivity index (χ3v) is 16.1. The molecule has 7 aromatic rings. The maximum absolute atomic E-state index is 14.2. The fourth-order valence-electron chi connectivity index (χ4n) is 9.44. The first kappa shape index (κ1) is 64.4. The third kappa shape index (κ3) is 21.2. The number of nitrogens with one attached hydrogen (secondary N) is 3. The molecule has 440 valence electrons. The molecule has 0 aliphatic heterocycles. The van der Waals surface area contributed by atoms with Gasteiger partial charge in [-0.15, -0.1) is 0 Å². The lowest BCUT2D eigenvalue weighted by Crippen LogP contribution is -2.36. The summed E-state index contributed by atoms with van der Waals surface area (Å²) < 4.78 is 27.6. The van der Waals surface area contributed by atoms with Crippen molar-refractivity contribution in [3.63, 3.8) is 0 Å². The van der Waals surface area contributed by atoms with Crippen LogP contribution in [0.2, 0.25) is 0 Å². The van der Waals surface area contributed by atoms with Gasteiger partial charge in [-0.2, -0.15) is 0 Å². The third-order valence-electron chi connectivity index (χ3n) is 14.2. The van der Waals surface area contributed by atoms with Gasteiger partial charge in [0.25, 0.3) is 0 Å². The molecule has 82 heavy (non-hydrogen) atoms. The average molecular weight is 1160 g/mol. The molecule has 2 aromatic heterocycles. The molecule has 0 spiro atoms. The maximum atomic E-state index is 14.2. The molecule has 3 amide bonds. The number of thioether (sulfide) groups is 2. The Hall–Kier alpha value is -6.78. The normalized spacial score (nSPS) is 11.0. The molecule has 0 fully saturated rings. The maximum Gasteiger partial charge on any atom is 0.407 e. The van der Waals surface area contributed by atoms with Crippen molar-refractivity contribution in [2.75, 3.05) is 81.0 Å². The molecule has 0 radical (unpaired) electrons. The van der Waals surface area contributed by atoms with Gasteiger partial charge in [0.2, 0.25) is 0 Å². The first-order valence-corrected chi connectivity index (χ1v) is 31.4. The molecule has 0 unspecified atom stereocenters. The van der Waals surface area contributed by atoms with Gasteiger partial charge in [-0.3, -0.25) is 0 Å². The van der Waals surface area contributed by atoms with Gasteiger partial charge in [-0.1, -0.05) is 187 Å². The predicted molar refractivity (Wildman–Crippen MR) is 341 cm³/mol. The Morgan fingerprint density at radius 2 is 0.902 bits per heavy atom. The highest BCUT2D eigenvalue weighted by molar-refractivity contribution is 7.99. The second-order valence-corrected chi connectivity index (χ2v) is 23.3. The number of carbonyl (C=O) groups is 2. The van der Waals surface area contributed by atoms with Gasteiger partial charge >= 0.3 is 12.1 Å². The van der Waals surface area contributed by atoms with E-state index < -0.39 is 17.7 Å². The number of H-pyrrole nitrogens is 2. The van der Waals surface area contributed by atoms with E-state index in [9.17, 15) is 23.5 Å². The molecule has 0 aliphatic carbocycles. The number of nitrogens with zero attached hydrogens (tertiary/aromatic N) is 6. The van der Waals surface area contributed by atoms with E-state index in [-0.39, 0.29) is 11.7 Å². The van der Waals surface area contributed by atoms with Crippen molar-refractivity contribution in [1.29, 1.82) is 0 Å². The lowest BCUT2D eigenvalue weighted by atomic mass is 10.0. The standard InChI is InChI=1S/C38H50F2N6OS.C28H37N3O2S/c1-6-7-8-9-11-24-46(38(47)41-34-23-18-30(39)27-33(34)40)25-12-10-13-26-48-37-42-35(28-14-19-31(20-15-28)44(2)3)36(43-37)29-16-21-32(22-17-29)45(4)5;1-2-3-4-5-13-20-31(28(32)33)21-14-8-15-22-34-27-29-25(23-16-9-6-10-17-23)26(30-27)24-18-11-7-12-19-24/h14-23,27H,6-13,24-26H2,1-5H3,(H,41,47)(H,42,43);6-7,9-12,16-19H,2-5,8,13-15,20-22H2,1H3,(H,29,30)(H,32,33). The summed E-state index contributed by atoms with van der Waals surface area (Å²) in [4.78, 5) is 49.1. The summed E-state index contributed by atoms with van der Waals surface area (Å²) in [5.74, 6) is 0.398. The predicted octanol–water partition coefficient (Wildman–Crippen LogP) is 17.9. The summed E-state index contributed by atoms with van der Waals surface area (Å²) in [5.41, 5.74) is 10.6. The molecule has 16 heteroatoms. The van der Waals surface area contributed by atoms with Crippen LogP contribution in [0.3, 0.4) is 0 Å². The number of urea groups is 1. The second-order valence-electron chi connectivity index (χ2n) is 21.1. The van der Waals surface area contributed by atoms with Crippen molar-refractivity contribution in [3.8, 4) is 45.0 Å². The zero-order valence-corrected chi connectivity index (χ0v) is 50.8. The lowest BCUT2D eigenvalue weighted by molar-refractivity contribution is 0.143. The van der Waals surface area contributed by atoms with Crippen LogP contribution in [0.25, 0.3) is 45.0 Å². The number of rotatable bonds is 33. The second kappa shape index (κ2) is 35.3. The van der Waals surface area contributed by atoms with E-state index in [1.54, 1.807) is 33.3 Å². The number of carboxylic acid groups (broad SMARTS) is 1. The Morgan fingerprint density at radius 1 is 0.500 bits per heavy atom. The smallest absolute Gasteiger partial charge is 0.407 e. The quantitative estimate of drug-likeness (QED) is 0.0234. The van der Waals surface area contributed by atoms with Gasteiger partial charge in [-0.05, 0) is 74.9 Å². The Kier molecular flexibility index (Phi) is 27.7. The van der Waals surface area contributed by atoms with E-state index in [1.165, 1.54) is 31.7 Å². The molecule has 0 aliphatic rings. The van der Waals surface area contributed by atoms with Crippen LogP contribution in [0.5, 0.6) is 0 Å². The summed E-state index contributed by atoms with van der Waals surface area (Å²) in [6.07, 6.45) is 16.0. The van der Waals surface area contributed by atoms with Crippen molar-refractivity contribution >= 4 is 52.7 Å². The highest BCUT2D eigenvalue weighted by Crippen LogP contribution is 2.36. The number of amides is 3. The number of imidazole rings is 2. The first-order valence-electron chi connectivity index (χ1n) is 29.5. The van der Waals surface area contributed by atoms with E-state index in [0.717, 1.165) is 167 Å². The molecular formula is C66H87F2N9O3S2. The van der Waals surface area contributed by atoms with E-state index in [4.69, 9.17) is 9.97 Å². The van der Waals surface area contributed by atoms with E-state index >= 15 is 0 Å². The summed E-state index contributed by atoms with van der Waals surface area (Å²) in [7, 11) is 8.14. The van der Waals surface area contributed by atoms with Crippen LogP contribution < -0.4 is 15.1 Å². The molecule has 12 nitrogen and oxygen atoms in total. The Labute approximate surface area is 495 Å². The van der Waals surface area contributed by atoms with Crippen molar-refractivity contribution in [2.24, 2.45) is 0 Å². The number of benzene rings is 5. The largest absolute Gasteiger partial charge is 0.465 e. The van der Waals surface area contributed by atoms with Gasteiger partial charge < -0.3 is 40.0 Å². The molecule has 0 atom stereocenters. The van der Waals surface area contributed by atoms with Crippen molar-refractivity contribution < 1.29 is 23.5 Å². The molecule has 0 saturated carbocycles. The zero-order valence-electron chi connectivity index (χ0n) is 49.2. The average Bonchev–Trinajstić information content (AvgIpc) is 4.35. The number of hydrogen-bond donors (Lipinski definition) is 4. The monoisotopic (exact) mass is 1160 g/mol. The Balaban J connectivity index is 0.000000280. The molecule has 2 heterocycles. The van der Waals surface area contributed by atoms with Crippen molar-refractivity contribution in [3.05, 3.63) is 139 Å². The molecule has 0 bridgehead atoms. The summed E-state index contributed by atoms with van der Waals surface area (Å²) in [6.45, 7) is 6.84. The minimum Gasteiger partial charge on any atom is -0.465 e. The number of anilines is 3. The van der Waals surface area contributed by atoms with Crippen LogP contribution in [0.4, 0.5) is 35.4 Å². The van der Waals surface area contributed by atoms with Crippen LogP contribution >= 0.6 is 23.5 Å². The van der Waals surface area contributed by atoms with E-state index in [1.807, 2.05) is 64.6 Å². The van der Waals surface area contributed by atoms with Gasteiger partial charge in [0.1, 0.15) is 11.6 Å². The minimum absolute atomic E-state index is 0.00625. The highest BCUT2D eigenvalue weighted by atomic mass is 32.2. The summed E-state index contributed by atoms with van der Waals surface area (Å²) in [6, 6.07) is 40.4. The fourth-order valence-corrected chi connectivity index (χ4v) is 11.2. The molecular weight excluding hydrogens is 1070 g/mol. The van der Waals surface area contributed by atoms with E-state index in [2.05, 4.69) is 112 Å². The first-order chi connectivity index (χ1) is 39.8. The SMILES string of the molecule is CCCCCCCN(CCCCCSc1nc(-c2ccc(N(C)C)cc2)c(-c2ccc(N(C)C)cc2)[nH]1)C(=O)Nc1ccc(F)cc1F.CCCCCCCN(CCCCCSc1nc(-c2ccccc2)c(-c2ccccc2)[nH]1)C(=O)O. The van der Waals surface area contributed by atoms with E-state index in [0.29, 0.717) is 26.2 Å². The van der Waals surface area contributed by atoms with Gasteiger partial charge in [0, 0.05) is 106 Å². The van der Waals surface area contributed by atoms with Crippen molar-refractivity contribution in [1.82, 2.24) is 29.7 Å². The number of unbranched alkanes of at least 4 members (excludes halogenated alkanes) is 12. The molecule has 0 saturated heterocycles. The Morgan fingerprint density at radius 3 is 1.34 bits per heavy atom. The lowest BCUT2D eigenvalue weighted by Gasteiger charge is -2.23. The van der Waals surface area contributed by atoms with Gasteiger partial charge in [0.15, 0.2) is 10.3 Å². The minimum atomic E-state index is -0.790. The fraction of sp³-hybridized carbons (Fsp3) is 0.424. The molecule has 7 rings (SSSR count). The van der Waals surface area contributed by atoms with Crippen LogP contribution in [0.15, 0.2) is 138 Å². The Bertz CT molecular complexity index is 2810. The highest BCUT2D eigenvalue weighted by Gasteiger charge is 2.19. The topological polar surface area (TPSA) is 137 Å². The number of aromatic amines is 2. The van der Waals surface area contributed by atoms with Crippen LogP contribution in [-0.4, -0.2) is 113 Å². The van der Waals surface area contributed by atoms with Crippen molar-refractivity contribution in [2.45, 2.75) is 127 Å². The number of halogens is 2. The molecule has 4 N–H and O–H groups in total. The summed E-state index contributed by atoms with van der Waals surface area (Å²) >= 11 is 3.44. The van der Waals surface area contributed by atoms with Gasteiger partial charge in [0.05, 0.1) is 28.5 Å². The number of aromatic nitrogens is 4.